The van der Waals surface area contributed by atoms with E-state index >= 15 is 0 Å². The second kappa shape index (κ2) is 8.10. The average molecular weight is 311 g/mol. The molecule has 0 aromatic heterocycles. The molecule has 0 spiro atoms. The van der Waals surface area contributed by atoms with Gasteiger partial charge >= 0.3 is 6.03 Å². The smallest absolute Gasteiger partial charge is 0.321 e. The number of benzene rings is 2. The summed E-state index contributed by atoms with van der Waals surface area (Å²) >= 11 is 0. The lowest BCUT2D eigenvalue weighted by molar-refractivity contribution is -0.125. The normalized spacial score (nSPS) is 11.8. The highest BCUT2D eigenvalue weighted by atomic mass is 16.2. The fourth-order valence-corrected chi connectivity index (χ4v) is 2.45. The van der Waals surface area contributed by atoms with Gasteiger partial charge in [-0.15, -0.1) is 0 Å². The van der Waals surface area contributed by atoms with Crippen LogP contribution in [-0.4, -0.2) is 30.9 Å². The summed E-state index contributed by atoms with van der Waals surface area (Å²) in [4.78, 5) is 25.9. The molecule has 0 saturated heterocycles. The van der Waals surface area contributed by atoms with Gasteiger partial charge in [-0.1, -0.05) is 60.7 Å². The van der Waals surface area contributed by atoms with Gasteiger partial charge in [0.05, 0.1) is 0 Å². The lowest BCUT2D eigenvalue weighted by atomic mass is 10.0. The van der Waals surface area contributed by atoms with Crippen molar-refractivity contribution in [3.8, 4) is 0 Å². The Morgan fingerprint density at radius 3 is 2.13 bits per heavy atom. The van der Waals surface area contributed by atoms with E-state index in [1.807, 2.05) is 72.6 Å². The molecule has 2 N–H and O–H groups in total. The highest BCUT2D eigenvalue weighted by molar-refractivity contribution is 5.97. The summed E-state index contributed by atoms with van der Waals surface area (Å²) in [6, 6.07) is 18.3. The van der Waals surface area contributed by atoms with Gasteiger partial charge in [-0.05, 0) is 18.2 Å². The number of nitrogens with zero attached hydrogens (tertiary/aromatic N) is 1. The molecule has 0 bridgehead atoms. The zero-order chi connectivity index (χ0) is 16.7. The minimum Gasteiger partial charge on any atom is -0.341 e. The number of carbonyl (C=O) groups is 2. The van der Waals surface area contributed by atoms with Crippen LogP contribution in [0.4, 0.5) is 4.79 Å². The molecule has 1 atom stereocenters. The molecule has 0 aliphatic heterocycles. The first-order valence-corrected chi connectivity index (χ1v) is 7.43. The standard InChI is InChI=1S/C18H21N3O2/c1-19-18(23)20-17(22)16(15-11-7-4-8-12-15)21(2)13-14-9-5-3-6-10-14/h3-12,16H,13H2,1-2H3,(H2,19,20,22,23). The van der Waals surface area contributed by atoms with Crippen LogP contribution in [0.25, 0.3) is 0 Å². The van der Waals surface area contributed by atoms with E-state index in [4.69, 9.17) is 0 Å². The quantitative estimate of drug-likeness (QED) is 0.891. The molecule has 23 heavy (non-hydrogen) atoms. The van der Waals surface area contributed by atoms with Crippen molar-refractivity contribution < 1.29 is 9.59 Å². The van der Waals surface area contributed by atoms with Gasteiger partial charge < -0.3 is 5.32 Å². The van der Waals surface area contributed by atoms with E-state index in [1.165, 1.54) is 7.05 Å². The van der Waals surface area contributed by atoms with Crippen LogP contribution in [0.3, 0.4) is 0 Å². The first-order chi connectivity index (χ1) is 11.1. The molecule has 0 aliphatic rings. The van der Waals surface area contributed by atoms with E-state index in [9.17, 15) is 9.59 Å². The molecule has 1 unspecified atom stereocenters. The van der Waals surface area contributed by atoms with Crippen LogP contribution in [0.1, 0.15) is 17.2 Å². The molecular formula is C18H21N3O2. The van der Waals surface area contributed by atoms with Crippen molar-refractivity contribution in [1.29, 1.82) is 0 Å². The number of imide groups is 1. The Balaban J connectivity index is 2.22. The summed E-state index contributed by atoms with van der Waals surface area (Å²) in [5, 5.41) is 4.77. The molecule has 0 heterocycles. The van der Waals surface area contributed by atoms with E-state index in [0.717, 1.165) is 11.1 Å². The van der Waals surface area contributed by atoms with Gasteiger partial charge in [0.25, 0.3) is 0 Å². The van der Waals surface area contributed by atoms with E-state index in [1.54, 1.807) is 0 Å². The Morgan fingerprint density at radius 1 is 1.00 bits per heavy atom. The Morgan fingerprint density at radius 2 is 1.57 bits per heavy atom. The molecule has 2 aromatic rings. The number of rotatable bonds is 5. The van der Waals surface area contributed by atoms with E-state index in [-0.39, 0.29) is 5.91 Å². The molecule has 3 amide bonds. The van der Waals surface area contributed by atoms with Crippen LogP contribution in [0, 0.1) is 0 Å². The van der Waals surface area contributed by atoms with Crippen molar-refractivity contribution in [2.75, 3.05) is 14.1 Å². The number of hydrogen-bond acceptors (Lipinski definition) is 3. The van der Waals surface area contributed by atoms with Gasteiger partial charge in [0.2, 0.25) is 5.91 Å². The van der Waals surface area contributed by atoms with Gasteiger partial charge in [0.1, 0.15) is 6.04 Å². The minimum atomic E-state index is -0.547. The zero-order valence-electron chi connectivity index (χ0n) is 13.3. The molecule has 120 valence electrons. The summed E-state index contributed by atoms with van der Waals surface area (Å²) in [7, 11) is 3.35. The second-order valence-electron chi connectivity index (χ2n) is 5.28. The topological polar surface area (TPSA) is 61.4 Å². The van der Waals surface area contributed by atoms with E-state index in [2.05, 4.69) is 10.6 Å². The molecule has 0 aliphatic carbocycles. The zero-order valence-corrected chi connectivity index (χ0v) is 13.3. The lowest BCUT2D eigenvalue weighted by Gasteiger charge is -2.27. The van der Waals surface area contributed by atoms with E-state index in [0.29, 0.717) is 6.54 Å². The first-order valence-electron chi connectivity index (χ1n) is 7.43. The van der Waals surface area contributed by atoms with Crippen molar-refractivity contribution in [2.45, 2.75) is 12.6 Å². The SMILES string of the molecule is CNC(=O)NC(=O)C(c1ccccc1)N(C)Cc1ccccc1. The Kier molecular flexibility index (Phi) is 5.88. The third-order valence-electron chi connectivity index (χ3n) is 3.54. The van der Waals surface area contributed by atoms with Gasteiger partial charge in [0.15, 0.2) is 0 Å². The molecule has 5 heteroatoms. The maximum absolute atomic E-state index is 12.5. The second-order valence-corrected chi connectivity index (χ2v) is 5.28. The molecule has 2 aromatic carbocycles. The molecule has 0 fully saturated rings. The summed E-state index contributed by atoms with van der Waals surface area (Å²) in [5.41, 5.74) is 1.94. The van der Waals surface area contributed by atoms with Crippen LogP contribution in [-0.2, 0) is 11.3 Å². The third-order valence-corrected chi connectivity index (χ3v) is 3.54. The predicted octanol–water partition coefficient (Wildman–Crippen LogP) is 2.32. The minimum absolute atomic E-state index is 0.353. The van der Waals surface area contributed by atoms with Crippen molar-refractivity contribution in [3.63, 3.8) is 0 Å². The molecule has 0 radical (unpaired) electrons. The lowest BCUT2D eigenvalue weighted by Crippen LogP contribution is -2.44. The summed E-state index contributed by atoms with van der Waals surface area (Å²) < 4.78 is 0. The number of nitrogens with one attached hydrogen (secondary N) is 2. The fourth-order valence-electron chi connectivity index (χ4n) is 2.45. The molecule has 2 rings (SSSR count). The maximum atomic E-state index is 12.5. The van der Waals surface area contributed by atoms with Crippen LogP contribution < -0.4 is 10.6 Å². The van der Waals surface area contributed by atoms with Crippen molar-refractivity contribution in [3.05, 3.63) is 71.8 Å². The Hall–Kier alpha value is -2.66. The van der Waals surface area contributed by atoms with Crippen LogP contribution >= 0.6 is 0 Å². The monoisotopic (exact) mass is 311 g/mol. The van der Waals surface area contributed by atoms with Crippen LogP contribution in [0.5, 0.6) is 0 Å². The number of hydrogen-bond donors (Lipinski definition) is 2. The molecular weight excluding hydrogens is 290 g/mol. The van der Waals surface area contributed by atoms with Gasteiger partial charge in [0, 0.05) is 13.6 Å². The van der Waals surface area contributed by atoms with Crippen LogP contribution in [0.2, 0.25) is 0 Å². The van der Waals surface area contributed by atoms with Gasteiger partial charge in [-0.2, -0.15) is 0 Å². The summed E-state index contributed by atoms with van der Waals surface area (Å²) in [6.45, 7) is 0.599. The number of amides is 3. The first kappa shape index (κ1) is 16.7. The Labute approximate surface area is 136 Å². The number of likely N-dealkylation sites (N-methyl/N-ethyl adjacent to an activating group) is 1. The summed E-state index contributed by atoms with van der Waals surface area (Å²) in [5.74, 6) is -0.353. The number of urea groups is 1. The van der Waals surface area contributed by atoms with Crippen LogP contribution in [0.15, 0.2) is 60.7 Å². The predicted molar refractivity (Wildman–Crippen MR) is 89.7 cm³/mol. The van der Waals surface area contributed by atoms with E-state index < -0.39 is 12.1 Å². The van der Waals surface area contributed by atoms with Gasteiger partial charge in [-0.3, -0.25) is 15.0 Å². The molecule has 5 nitrogen and oxygen atoms in total. The summed E-state index contributed by atoms with van der Waals surface area (Å²) in [6.07, 6.45) is 0. The third kappa shape index (κ3) is 4.66. The maximum Gasteiger partial charge on any atom is 0.321 e. The highest BCUT2D eigenvalue weighted by Crippen LogP contribution is 2.21. The van der Waals surface area contributed by atoms with Crippen molar-refractivity contribution >= 4 is 11.9 Å². The average Bonchev–Trinajstić information content (AvgIpc) is 2.56. The van der Waals surface area contributed by atoms with Crippen molar-refractivity contribution in [2.24, 2.45) is 0 Å². The fraction of sp³-hybridized carbons (Fsp3) is 0.222. The number of carbonyl (C=O) groups excluding carboxylic acids is 2. The highest BCUT2D eigenvalue weighted by Gasteiger charge is 2.26. The largest absolute Gasteiger partial charge is 0.341 e. The van der Waals surface area contributed by atoms with Crippen molar-refractivity contribution in [1.82, 2.24) is 15.5 Å². The molecule has 0 saturated carbocycles. The Bertz CT molecular complexity index is 644. The van der Waals surface area contributed by atoms with Gasteiger partial charge in [-0.25, -0.2) is 4.79 Å².